The Morgan fingerprint density at radius 1 is 1.19 bits per heavy atom. The van der Waals surface area contributed by atoms with Crippen molar-refractivity contribution in [2.24, 2.45) is 11.8 Å². The molecule has 2 aromatic carbocycles. The molecule has 4 heteroatoms. The van der Waals surface area contributed by atoms with E-state index in [0.29, 0.717) is 26.3 Å². The molecule has 3 fully saturated rings. The molecule has 2 saturated carbocycles. The summed E-state index contributed by atoms with van der Waals surface area (Å²) in [5, 5.41) is 0. The Morgan fingerprint density at radius 2 is 1.95 bits per heavy atom. The predicted molar refractivity (Wildman–Crippen MR) is 149 cm³/mol. The number of hydrogen-bond donors (Lipinski definition) is 0. The van der Waals surface area contributed by atoms with Crippen LogP contribution < -0.4 is 4.74 Å². The number of aryl methyl sites for hydroxylation is 2. The highest BCUT2D eigenvalue weighted by Crippen LogP contribution is 2.57. The molecule has 0 radical (unpaired) electrons. The maximum Gasteiger partial charge on any atom is 0.133 e. The summed E-state index contributed by atoms with van der Waals surface area (Å²) in [6.07, 6.45) is 7.81. The van der Waals surface area contributed by atoms with Gasteiger partial charge in [0.2, 0.25) is 0 Å². The second-order valence-corrected chi connectivity index (χ2v) is 11.4. The summed E-state index contributed by atoms with van der Waals surface area (Å²) in [6.45, 7) is 15.3. The summed E-state index contributed by atoms with van der Waals surface area (Å²) in [5.74, 6) is 3.27. The molecule has 3 nitrogen and oxygen atoms in total. The van der Waals surface area contributed by atoms with E-state index in [-0.39, 0.29) is 0 Å². The van der Waals surface area contributed by atoms with Gasteiger partial charge < -0.3 is 9.47 Å². The SMILES string of the molecule is C=C(/C=C1/CC2CC2/C1=C/C)OCc1cccc(-c2c(C)cc(OCCCN3CC(C)(F)C3)cc2C)c1. The minimum Gasteiger partial charge on any atom is -0.494 e. The van der Waals surface area contributed by atoms with Crippen LogP contribution in [0.4, 0.5) is 4.39 Å². The van der Waals surface area contributed by atoms with Crippen LogP contribution in [0.5, 0.6) is 5.75 Å². The Hall–Kier alpha value is -2.85. The second-order valence-electron chi connectivity index (χ2n) is 11.4. The largest absolute Gasteiger partial charge is 0.494 e. The fourth-order valence-electron chi connectivity index (χ4n) is 6.25. The molecule has 37 heavy (non-hydrogen) atoms. The van der Waals surface area contributed by atoms with Crippen LogP contribution in [0.25, 0.3) is 11.1 Å². The van der Waals surface area contributed by atoms with Gasteiger partial charge in [-0.05, 0) is 122 Å². The quantitative estimate of drug-likeness (QED) is 0.246. The highest BCUT2D eigenvalue weighted by Gasteiger charge is 2.46. The molecule has 1 saturated heterocycles. The third-order valence-corrected chi connectivity index (χ3v) is 7.96. The number of nitrogens with zero attached hydrogens (tertiary/aromatic N) is 1. The Kier molecular flexibility index (Phi) is 7.31. The van der Waals surface area contributed by atoms with Crippen LogP contribution in [0.15, 0.2) is 72.0 Å². The van der Waals surface area contributed by atoms with Crippen LogP contribution in [0.1, 0.15) is 49.8 Å². The first-order valence-electron chi connectivity index (χ1n) is 13.7. The minimum absolute atomic E-state index is 0.506. The number of alkyl halides is 1. The smallest absolute Gasteiger partial charge is 0.133 e. The van der Waals surface area contributed by atoms with Gasteiger partial charge in [0.25, 0.3) is 0 Å². The molecule has 2 aliphatic carbocycles. The Morgan fingerprint density at radius 3 is 2.65 bits per heavy atom. The molecule has 2 aromatic rings. The zero-order chi connectivity index (χ0) is 26.2. The van der Waals surface area contributed by atoms with Crippen LogP contribution in [0.3, 0.4) is 0 Å². The van der Waals surface area contributed by atoms with E-state index in [0.717, 1.165) is 48.3 Å². The Balaban J connectivity index is 1.17. The number of rotatable bonds is 10. The zero-order valence-electron chi connectivity index (χ0n) is 22.8. The molecule has 3 aliphatic rings. The van der Waals surface area contributed by atoms with Crippen LogP contribution >= 0.6 is 0 Å². The second kappa shape index (κ2) is 10.5. The van der Waals surface area contributed by atoms with Gasteiger partial charge >= 0.3 is 0 Å². The van der Waals surface area contributed by atoms with Gasteiger partial charge in [0, 0.05) is 19.6 Å². The summed E-state index contributed by atoms with van der Waals surface area (Å²) in [7, 11) is 0. The molecule has 0 aromatic heterocycles. The molecule has 0 N–H and O–H groups in total. The first-order chi connectivity index (χ1) is 17.7. The number of allylic oxidation sites excluding steroid dienone is 4. The first kappa shape index (κ1) is 25.8. The van der Waals surface area contributed by atoms with Gasteiger partial charge in [0.15, 0.2) is 0 Å². The van der Waals surface area contributed by atoms with Crippen molar-refractivity contribution in [3.8, 4) is 16.9 Å². The highest BCUT2D eigenvalue weighted by molar-refractivity contribution is 5.72. The molecule has 2 atom stereocenters. The Bertz CT molecular complexity index is 1210. The number of fused-ring (bicyclic) bond motifs is 1. The summed E-state index contributed by atoms with van der Waals surface area (Å²) >= 11 is 0. The summed E-state index contributed by atoms with van der Waals surface area (Å²) < 4.78 is 25.7. The fraction of sp³-hybridized carbons (Fsp3) is 0.455. The van der Waals surface area contributed by atoms with Crippen molar-refractivity contribution in [1.29, 1.82) is 0 Å². The molecule has 2 unspecified atom stereocenters. The first-order valence-corrected chi connectivity index (χ1v) is 13.7. The van der Waals surface area contributed by atoms with Crippen molar-refractivity contribution in [2.45, 2.75) is 59.2 Å². The van der Waals surface area contributed by atoms with Crippen molar-refractivity contribution in [3.63, 3.8) is 0 Å². The lowest BCUT2D eigenvalue weighted by molar-refractivity contribution is -0.0191. The average molecular weight is 502 g/mol. The van der Waals surface area contributed by atoms with Crippen molar-refractivity contribution < 1.29 is 13.9 Å². The number of ether oxygens (including phenoxy) is 2. The van der Waals surface area contributed by atoms with Crippen molar-refractivity contribution in [1.82, 2.24) is 4.90 Å². The third kappa shape index (κ3) is 6.01. The lowest BCUT2D eigenvalue weighted by atomic mass is 9.94. The maximum absolute atomic E-state index is 13.6. The minimum atomic E-state index is -1.01. The molecule has 1 aliphatic heterocycles. The normalized spacial score (nSPS) is 24.1. The number of hydrogen-bond acceptors (Lipinski definition) is 3. The van der Waals surface area contributed by atoms with Gasteiger partial charge in [-0.2, -0.15) is 0 Å². The molecule has 196 valence electrons. The summed E-state index contributed by atoms with van der Waals surface area (Å²) in [4.78, 5) is 2.14. The molecular formula is C33H40FNO2. The van der Waals surface area contributed by atoms with E-state index in [4.69, 9.17) is 9.47 Å². The summed E-state index contributed by atoms with van der Waals surface area (Å²) in [6, 6.07) is 12.8. The van der Waals surface area contributed by atoms with Crippen LogP contribution in [-0.2, 0) is 11.3 Å². The zero-order valence-corrected chi connectivity index (χ0v) is 22.8. The van der Waals surface area contributed by atoms with Gasteiger partial charge in [0.05, 0.1) is 6.61 Å². The van der Waals surface area contributed by atoms with Gasteiger partial charge in [-0.3, -0.25) is 4.90 Å². The van der Waals surface area contributed by atoms with Crippen LogP contribution in [-0.4, -0.2) is 36.8 Å². The van der Waals surface area contributed by atoms with E-state index >= 15 is 0 Å². The van der Waals surface area contributed by atoms with Gasteiger partial charge in [-0.1, -0.05) is 30.9 Å². The molecule has 5 rings (SSSR count). The number of halogens is 1. The topological polar surface area (TPSA) is 21.7 Å². The van der Waals surface area contributed by atoms with Crippen LogP contribution in [0.2, 0.25) is 0 Å². The van der Waals surface area contributed by atoms with Gasteiger partial charge in [-0.25, -0.2) is 4.39 Å². The molecule has 0 bridgehead atoms. The van der Waals surface area contributed by atoms with Crippen molar-refractivity contribution in [2.75, 3.05) is 26.2 Å². The van der Waals surface area contributed by atoms with E-state index < -0.39 is 5.67 Å². The van der Waals surface area contributed by atoms with E-state index in [1.807, 2.05) is 0 Å². The number of likely N-dealkylation sites (tertiary alicyclic amines) is 1. The number of benzene rings is 2. The highest BCUT2D eigenvalue weighted by atomic mass is 19.1. The molecule has 1 heterocycles. The lowest BCUT2D eigenvalue weighted by Crippen LogP contribution is -2.57. The average Bonchev–Trinajstić information content (AvgIpc) is 3.50. The summed E-state index contributed by atoms with van der Waals surface area (Å²) in [5.41, 5.74) is 7.83. The molecular weight excluding hydrogens is 461 g/mol. The van der Waals surface area contributed by atoms with E-state index in [1.165, 1.54) is 39.8 Å². The Labute approximate surface area is 221 Å². The molecule has 0 spiro atoms. The van der Waals surface area contributed by atoms with Crippen molar-refractivity contribution >= 4 is 0 Å². The van der Waals surface area contributed by atoms with E-state index in [9.17, 15) is 4.39 Å². The van der Waals surface area contributed by atoms with Gasteiger partial charge in [-0.15, -0.1) is 0 Å². The maximum atomic E-state index is 13.6. The standard InChI is InChI=1S/C33H40FNO2/c1-6-30-27(17-28-18-31(28)30)15-24(4)37-19-25-9-7-10-26(16-25)32-22(2)13-29(14-23(32)3)36-12-8-11-35-20-33(5,34)21-35/h6-7,9-10,13-16,28,31H,4,8,11-12,17-21H2,1-3,5H3/b27-15-,30-6+. The molecule has 0 amide bonds. The van der Waals surface area contributed by atoms with Gasteiger partial charge in [0.1, 0.15) is 23.8 Å². The lowest BCUT2D eigenvalue weighted by Gasteiger charge is -2.42. The van der Waals surface area contributed by atoms with E-state index in [1.54, 1.807) is 6.92 Å². The third-order valence-electron chi connectivity index (χ3n) is 7.96. The fourth-order valence-corrected chi connectivity index (χ4v) is 6.25. The monoisotopic (exact) mass is 501 g/mol. The predicted octanol–water partition coefficient (Wildman–Crippen LogP) is 7.73. The van der Waals surface area contributed by atoms with Crippen molar-refractivity contribution in [3.05, 3.63) is 88.7 Å². The van der Waals surface area contributed by atoms with Crippen LogP contribution in [0, 0.1) is 25.7 Å². The van der Waals surface area contributed by atoms with E-state index in [2.05, 4.69) is 80.8 Å².